The van der Waals surface area contributed by atoms with Gasteiger partial charge in [-0.3, -0.25) is 29.4 Å². The summed E-state index contributed by atoms with van der Waals surface area (Å²) in [4.78, 5) is 50.0. The van der Waals surface area contributed by atoms with Gasteiger partial charge in [-0.15, -0.1) is 0 Å². The Hall–Kier alpha value is -2.58. The van der Waals surface area contributed by atoms with Gasteiger partial charge in [-0.1, -0.05) is 6.07 Å². The second-order valence-corrected chi connectivity index (χ2v) is 8.11. The zero-order valence-corrected chi connectivity index (χ0v) is 15.4. The molecule has 4 atom stereocenters. The predicted molar refractivity (Wildman–Crippen MR) is 98.2 cm³/mol. The van der Waals surface area contributed by atoms with Crippen LogP contribution in [0.5, 0.6) is 0 Å². The SMILES string of the molecule is O=C1CCC(N2C(=O)c3ccc(CNCC4[C@H]5CNC[C@@H]45)cc3C2=O)C(=O)N1. The predicted octanol–water partition coefficient (Wildman–Crippen LogP) is -0.357. The van der Waals surface area contributed by atoms with Gasteiger partial charge in [0, 0.05) is 13.0 Å². The number of nitrogens with one attached hydrogen (secondary N) is 3. The van der Waals surface area contributed by atoms with Crippen LogP contribution in [0.3, 0.4) is 0 Å². The Balaban J connectivity index is 1.26. The van der Waals surface area contributed by atoms with Crippen molar-refractivity contribution in [1.82, 2.24) is 20.9 Å². The number of carbonyl (C=O) groups is 4. The second kappa shape index (κ2) is 6.49. The molecular weight excluding hydrogens is 360 g/mol. The quantitative estimate of drug-likeness (QED) is 0.601. The zero-order valence-electron chi connectivity index (χ0n) is 15.4. The van der Waals surface area contributed by atoms with E-state index in [1.807, 2.05) is 6.07 Å². The fourth-order valence-electron chi connectivity index (χ4n) is 4.86. The van der Waals surface area contributed by atoms with Gasteiger partial charge in [0.1, 0.15) is 6.04 Å². The Morgan fingerprint density at radius 3 is 2.54 bits per heavy atom. The maximum atomic E-state index is 12.8. The van der Waals surface area contributed by atoms with Crippen molar-refractivity contribution in [2.24, 2.45) is 17.8 Å². The molecule has 0 radical (unpaired) electrons. The smallest absolute Gasteiger partial charge is 0.262 e. The molecule has 146 valence electrons. The van der Waals surface area contributed by atoms with E-state index in [2.05, 4.69) is 16.0 Å². The third-order valence-corrected chi connectivity index (χ3v) is 6.48. The first-order chi connectivity index (χ1) is 13.5. The normalized spacial score (nSPS) is 31.1. The van der Waals surface area contributed by atoms with Crippen LogP contribution in [-0.4, -0.2) is 54.2 Å². The molecule has 3 heterocycles. The van der Waals surface area contributed by atoms with E-state index in [4.69, 9.17) is 0 Å². The molecule has 28 heavy (non-hydrogen) atoms. The molecule has 4 amide bonds. The number of carbonyl (C=O) groups excluding carboxylic acids is 4. The van der Waals surface area contributed by atoms with Crippen molar-refractivity contribution in [2.75, 3.05) is 19.6 Å². The molecule has 2 unspecified atom stereocenters. The Morgan fingerprint density at radius 2 is 1.79 bits per heavy atom. The summed E-state index contributed by atoms with van der Waals surface area (Å²) in [6.45, 7) is 3.82. The summed E-state index contributed by atoms with van der Waals surface area (Å²) in [7, 11) is 0. The molecule has 3 fully saturated rings. The summed E-state index contributed by atoms with van der Waals surface area (Å²) in [6.07, 6.45) is 0.292. The van der Waals surface area contributed by atoms with Gasteiger partial charge in [-0.25, -0.2) is 0 Å². The molecule has 8 heteroatoms. The lowest BCUT2D eigenvalue weighted by atomic mass is 10.0. The number of imide groups is 2. The molecule has 0 bridgehead atoms. The van der Waals surface area contributed by atoms with Crippen LogP contribution in [0, 0.1) is 17.8 Å². The molecular formula is C20H22N4O4. The molecule has 0 aromatic heterocycles. The lowest BCUT2D eigenvalue weighted by Crippen LogP contribution is -2.54. The first-order valence-electron chi connectivity index (χ1n) is 9.80. The number of hydrogen-bond donors (Lipinski definition) is 3. The minimum Gasteiger partial charge on any atom is -0.316 e. The highest BCUT2D eigenvalue weighted by Crippen LogP contribution is 2.48. The van der Waals surface area contributed by atoms with Crippen molar-refractivity contribution in [1.29, 1.82) is 0 Å². The second-order valence-electron chi connectivity index (χ2n) is 8.11. The average Bonchev–Trinajstić information content (AvgIpc) is 2.99. The maximum Gasteiger partial charge on any atom is 0.262 e. The van der Waals surface area contributed by atoms with E-state index in [0.717, 1.165) is 47.9 Å². The van der Waals surface area contributed by atoms with Gasteiger partial charge >= 0.3 is 0 Å². The van der Waals surface area contributed by atoms with Crippen molar-refractivity contribution >= 4 is 23.6 Å². The number of amides is 4. The molecule has 1 saturated carbocycles. The zero-order chi connectivity index (χ0) is 19.4. The van der Waals surface area contributed by atoms with Crippen molar-refractivity contribution < 1.29 is 19.2 Å². The minimum absolute atomic E-state index is 0.123. The van der Waals surface area contributed by atoms with Crippen LogP contribution < -0.4 is 16.0 Å². The van der Waals surface area contributed by atoms with E-state index < -0.39 is 23.8 Å². The number of rotatable bonds is 5. The molecule has 2 saturated heterocycles. The van der Waals surface area contributed by atoms with Crippen LogP contribution in [-0.2, 0) is 16.1 Å². The highest BCUT2D eigenvalue weighted by molar-refractivity contribution is 6.23. The van der Waals surface area contributed by atoms with Crippen molar-refractivity contribution in [2.45, 2.75) is 25.4 Å². The largest absolute Gasteiger partial charge is 0.316 e. The molecule has 1 aromatic carbocycles. The number of benzene rings is 1. The fraction of sp³-hybridized carbons (Fsp3) is 0.500. The van der Waals surface area contributed by atoms with Gasteiger partial charge < -0.3 is 10.6 Å². The lowest BCUT2D eigenvalue weighted by Gasteiger charge is -2.27. The van der Waals surface area contributed by atoms with E-state index in [9.17, 15) is 19.2 Å². The van der Waals surface area contributed by atoms with Gasteiger partial charge in [0.25, 0.3) is 11.8 Å². The monoisotopic (exact) mass is 382 g/mol. The number of piperidine rings is 2. The van der Waals surface area contributed by atoms with E-state index in [1.165, 1.54) is 0 Å². The van der Waals surface area contributed by atoms with Gasteiger partial charge in [0.05, 0.1) is 11.1 Å². The lowest BCUT2D eigenvalue weighted by molar-refractivity contribution is -0.136. The molecule has 1 aliphatic carbocycles. The van der Waals surface area contributed by atoms with Crippen LogP contribution in [0.15, 0.2) is 18.2 Å². The number of fused-ring (bicyclic) bond motifs is 2. The third-order valence-electron chi connectivity index (χ3n) is 6.48. The van der Waals surface area contributed by atoms with Gasteiger partial charge in [-0.2, -0.15) is 0 Å². The number of nitrogens with zero attached hydrogens (tertiary/aromatic N) is 1. The number of hydrogen-bond acceptors (Lipinski definition) is 6. The molecule has 3 N–H and O–H groups in total. The Bertz CT molecular complexity index is 888. The first-order valence-corrected chi connectivity index (χ1v) is 9.80. The minimum atomic E-state index is -0.922. The van der Waals surface area contributed by atoms with Crippen molar-refractivity contribution in [3.05, 3.63) is 34.9 Å². The summed E-state index contributed by atoms with van der Waals surface area (Å²) in [6, 6.07) is 4.33. The summed E-state index contributed by atoms with van der Waals surface area (Å²) in [5.74, 6) is 0.454. The Kier molecular flexibility index (Phi) is 4.06. The Labute approximate surface area is 162 Å². The highest BCUT2D eigenvalue weighted by Gasteiger charge is 2.52. The summed E-state index contributed by atoms with van der Waals surface area (Å²) in [5.41, 5.74) is 1.59. The standard InChI is InChI=1S/C20H22N4O4/c25-17-4-3-16(18(26)23-17)24-19(27)11-2-1-10(5-12(11)20(24)28)6-21-7-13-14-8-22-9-15(13)14/h1-2,5,13-16,21-22H,3-4,6-9H2,(H,23,25,26)/t13?,14-,15+,16?. The summed E-state index contributed by atoms with van der Waals surface area (Å²) >= 11 is 0. The van der Waals surface area contributed by atoms with Crippen LogP contribution in [0.4, 0.5) is 0 Å². The summed E-state index contributed by atoms with van der Waals surface area (Å²) < 4.78 is 0. The van der Waals surface area contributed by atoms with Crippen LogP contribution >= 0.6 is 0 Å². The van der Waals surface area contributed by atoms with E-state index in [-0.39, 0.29) is 18.7 Å². The molecule has 0 spiro atoms. The molecule has 5 rings (SSSR count). The summed E-state index contributed by atoms with van der Waals surface area (Å²) in [5, 5.41) is 9.05. The van der Waals surface area contributed by atoms with Crippen LogP contribution in [0.25, 0.3) is 0 Å². The van der Waals surface area contributed by atoms with Gasteiger partial charge in [0.15, 0.2) is 0 Å². The molecule has 8 nitrogen and oxygen atoms in total. The van der Waals surface area contributed by atoms with E-state index in [1.54, 1.807) is 12.1 Å². The van der Waals surface area contributed by atoms with Crippen LogP contribution in [0.2, 0.25) is 0 Å². The van der Waals surface area contributed by atoms with Crippen molar-refractivity contribution in [3.8, 4) is 0 Å². The molecule has 4 aliphatic rings. The highest BCUT2D eigenvalue weighted by atomic mass is 16.2. The first kappa shape index (κ1) is 17.5. The van der Waals surface area contributed by atoms with E-state index >= 15 is 0 Å². The average molecular weight is 382 g/mol. The molecule has 1 aromatic rings. The third kappa shape index (κ3) is 2.75. The van der Waals surface area contributed by atoms with Gasteiger partial charge in [-0.05, 0) is 61.5 Å². The maximum absolute atomic E-state index is 12.8. The van der Waals surface area contributed by atoms with Crippen molar-refractivity contribution in [3.63, 3.8) is 0 Å². The van der Waals surface area contributed by atoms with E-state index in [0.29, 0.717) is 17.7 Å². The molecule has 3 aliphatic heterocycles. The topological polar surface area (TPSA) is 108 Å². The Morgan fingerprint density at radius 1 is 1.04 bits per heavy atom. The fourth-order valence-corrected chi connectivity index (χ4v) is 4.86. The van der Waals surface area contributed by atoms with Gasteiger partial charge in [0.2, 0.25) is 11.8 Å². The van der Waals surface area contributed by atoms with Crippen LogP contribution in [0.1, 0.15) is 39.1 Å².